The van der Waals surface area contributed by atoms with Crippen molar-refractivity contribution in [1.29, 1.82) is 0 Å². The standard InChI is InChI=1S/C12H24N2O2/c1-9(2)14-12(15)4-6-13-8-11-5-7-16-10(11)3/h9-11,13H,4-8H2,1-3H3,(H,14,15). The zero-order valence-corrected chi connectivity index (χ0v) is 10.6. The topological polar surface area (TPSA) is 50.4 Å². The molecule has 2 atom stereocenters. The van der Waals surface area contributed by atoms with Gasteiger partial charge in [0.1, 0.15) is 0 Å². The Kier molecular flexibility index (Phi) is 5.77. The summed E-state index contributed by atoms with van der Waals surface area (Å²) in [6.45, 7) is 8.65. The highest BCUT2D eigenvalue weighted by Gasteiger charge is 2.23. The van der Waals surface area contributed by atoms with Crippen molar-refractivity contribution in [2.75, 3.05) is 19.7 Å². The number of rotatable bonds is 6. The zero-order chi connectivity index (χ0) is 12.0. The van der Waals surface area contributed by atoms with Gasteiger partial charge in [-0.2, -0.15) is 0 Å². The van der Waals surface area contributed by atoms with Crippen LogP contribution in [0.1, 0.15) is 33.6 Å². The van der Waals surface area contributed by atoms with Gasteiger partial charge in [0.15, 0.2) is 0 Å². The quantitative estimate of drug-likeness (QED) is 0.665. The van der Waals surface area contributed by atoms with E-state index in [1.165, 1.54) is 0 Å². The predicted molar refractivity (Wildman–Crippen MR) is 64.3 cm³/mol. The first-order chi connectivity index (χ1) is 7.59. The van der Waals surface area contributed by atoms with Crippen LogP contribution in [0.4, 0.5) is 0 Å². The number of ether oxygens (including phenoxy) is 1. The monoisotopic (exact) mass is 228 g/mol. The van der Waals surface area contributed by atoms with E-state index in [-0.39, 0.29) is 11.9 Å². The number of hydrogen-bond acceptors (Lipinski definition) is 3. The van der Waals surface area contributed by atoms with Crippen LogP contribution in [0.15, 0.2) is 0 Å². The Morgan fingerprint density at radius 2 is 2.25 bits per heavy atom. The molecule has 0 radical (unpaired) electrons. The molecule has 1 aliphatic rings. The Hall–Kier alpha value is -0.610. The van der Waals surface area contributed by atoms with Crippen LogP contribution in [0, 0.1) is 5.92 Å². The predicted octanol–water partition coefficient (Wildman–Crippen LogP) is 0.916. The van der Waals surface area contributed by atoms with Gasteiger partial charge in [0.05, 0.1) is 6.10 Å². The van der Waals surface area contributed by atoms with Crippen LogP contribution < -0.4 is 10.6 Å². The molecule has 4 nitrogen and oxygen atoms in total. The van der Waals surface area contributed by atoms with Crippen LogP contribution in [0.5, 0.6) is 0 Å². The summed E-state index contributed by atoms with van der Waals surface area (Å²) in [4.78, 5) is 11.3. The van der Waals surface area contributed by atoms with Gasteiger partial charge in [-0.05, 0) is 33.1 Å². The Bertz CT molecular complexity index is 219. The molecule has 2 N–H and O–H groups in total. The first-order valence-electron chi connectivity index (χ1n) is 6.21. The molecule has 0 spiro atoms. The Labute approximate surface area is 98.1 Å². The maximum absolute atomic E-state index is 11.3. The summed E-state index contributed by atoms with van der Waals surface area (Å²) in [6.07, 6.45) is 2.05. The third-order valence-corrected chi connectivity index (χ3v) is 2.92. The van der Waals surface area contributed by atoms with Gasteiger partial charge in [-0.15, -0.1) is 0 Å². The zero-order valence-electron chi connectivity index (χ0n) is 10.6. The summed E-state index contributed by atoms with van der Waals surface area (Å²) in [6, 6.07) is 0.232. The number of nitrogens with one attached hydrogen (secondary N) is 2. The fraction of sp³-hybridized carbons (Fsp3) is 0.917. The van der Waals surface area contributed by atoms with E-state index in [2.05, 4.69) is 17.6 Å². The van der Waals surface area contributed by atoms with Gasteiger partial charge in [0, 0.05) is 32.2 Å². The fourth-order valence-corrected chi connectivity index (χ4v) is 1.93. The average molecular weight is 228 g/mol. The SMILES string of the molecule is CC(C)NC(=O)CCNCC1CCOC1C. The Morgan fingerprint density at radius 3 is 2.81 bits per heavy atom. The van der Waals surface area contributed by atoms with Gasteiger partial charge in [0.25, 0.3) is 0 Å². The molecule has 1 fully saturated rings. The largest absolute Gasteiger partial charge is 0.378 e. The second kappa shape index (κ2) is 6.86. The molecule has 1 rings (SSSR count). The van der Waals surface area contributed by atoms with Crippen molar-refractivity contribution in [2.24, 2.45) is 5.92 Å². The van der Waals surface area contributed by atoms with Gasteiger partial charge in [0.2, 0.25) is 5.91 Å². The van der Waals surface area contributed by atoms with E-state index < -0.39 is 0 Å². The number of carbonyl (C=O) groups excluding carboxylic acids is 1. The molecule has 0 aliphatic carbocycles. The number of hydrogen-bond donors (Lipinski definition) is 2. The summed E-state index contributed by atoms with van der Waals surface area (Å²) >= 11 is 0. The van der Waals surface area contributed by atoms with Gasteiger partial charge < -0.3 is 15.4 Å². The minimum absolute atomic E-state index is 0.123. The van der Waals surface area contributed by atoms with E-state index in [0.717, 1.165) is 26.1 Å². The molecule has 0 saturated carbocycles. The fourth-order valence-electron chi connectivity index (χ4n) is 1.93. The van der Waals surface area contributed by atoms with Crippen molar-refractivity contribution >= 4 is 5.91 Å². The van der Waals surface area contributed by atoms with Crippen molar-refractivity contribution in [1.82, 2.24) is 10.6 Å². The second-order valence-electron chi connectivity index (χ2n) is 4.80. The van der Waals surface area contributed by atoms with Crippen LogP contribution in [0.25, 0.3) is 0 Å². The maximum atomic E-state index is 11.3. The van der Waals surface area contributed by atoms with Crippen LogP contribution in [0.2, 0.25) is 0 Å². The molecule has 4 heteroatoms. The number of amides is 1. The molecule has 1 saturated heterocycles. The lowest BCUT2D eigenvalue weighted by Crippen LogP contribution is -2.34. The lowest BCUT2D eigenvalue weighted by atomic mass is 10.0. The third-order valence-electron chi connectivity index (χ3n) is 2.92. The minimum Gasteiger partial charge on any atom is -0.378 e. The van der Waals surface area contributed by atoms with Gasteiger partial charge in [-0.1, -0.05) is 0 Å². The Morgan fingerprint density at radius 1 is 1.50 bits per heavy atom. The van der Waals surface area contributed by atoms with Crippen LogP contribution in [0.3, 0.4) is 0 Å². The van der Waals surface area contributed by atoms with E-state index in [1.807, 2.05) is 13.8 Å². The molecule has 0 aromatic carbocycles. The molecule has 1 aliphatic heterocycles. The summed E-state index contributed by atoms with van der Waals surface area (Å²) in [7, 11) is 0. The Balaban J connectivity index is 2.01. The van der Waals surface area contributed by atoms with E-state index >= 15 is 0 Å². The van der Waals surface area contributed by atoms with Crippen molar-refractivity contribution < 1.29 is 9.53 Å². The van der Waals surface area contributed by atoms with Crippen LogP contribution >= 0.6 is 0 Å². The molecule has 1 heterocycles. The van der Waals surface area contributed by atoms with Crippen molar-refractivity contribution in [2.45, 2.75) is 45.8 Å². The van der Waals surface area contributed by atoms with E-state index in [4.69, 9.17) is 4.74 Å². The summed E-state index contributed by atoms with van der Waals surface area (Å²) in [5, 5.41) is 6.20. The highest BCUT2D eigenvalue weighted by atomic mass is 16.5. The maximum Gasteiger partial charge on any atom is 0.221 e. The summed E-state index contributed by atoms with van der Waals surface area (Å²) in [5.74, 6) is 0.728. The van der Waals surface area contributed by atoms with Crippen LogP contribution in [-0.2, 0) is 9.53 Å². The molecule has 94 valence electrons. The highest BCUT2D eigenvalue weighted by molar-refractivity contribution is 5.76. The van der Waals surface area contributed by atoms with Gasteiger partial charge in [-0.25, -0.2) is 0 Å². The van der Waals surface area contributed by atoms with E-state index in [9.17, 15) is 4.79 Å². The molecule has 1 amide bonds. The molecule has 16 heavy (non-hydrogen) atoms. The van der Waals surface area contributed by atoms with E-state index in [0.29, 0.717) is 18.4 Å². The van der Waals surface area contributed by atoms with E-state index in [1.54, 1.807) is 0 Å². The second-order valence-corrected chi connectivity index (χ2v) is 4.80. The number of carbonyl (C=O) groups is 1. The van der Waals surface area contributed by atoms with Crippen LogP contribution in [-0.4, -0.2) is 37.7 Å². The van der Waals surface area contributed by atoms with Crippen molar-refractivity contribution in [3.05, 3.63) is 0 Å². The highest BCUT2D eigenvalue weighted by Crippen LogP contribution is 2.18. The molecular formula is C12H24N2O2. The van der Waals surface area contributed by atoms with Gasteiger partial charge in [-0.3, -0.25) is 4.79 Å². The van der Waals surface area contributed by atoms with Crippen molar-refractivity contribution in [3.63, 3.8) is 0 Å². The molecule has 0 aromatic heterocycles. The third kappa shape index (κ3) is 4.94. The normalized spacial score (nSPS) is 25.0. The molecular weight excluding hydrogens is 204 g/mol. The average Bonchev–Trinajstić information content (AvgIpc) is 2.58. The van der Waals surface area contributed by atoms with Crippen molar-refractivity contribution in [3.8, 4) is 0 Å². The smallest absolute Gasteiger partial charge is 0.221 e. The molecule has 0 bridgehead atoms. The summed E-state index contributed by atoms with van der Waals surface area (Å²) < 4.78 is 5.48. The first kappa shape index (κ1) is 13.5. The summed E-state index contributed by atoms with van der Waals surface area (Å²) in [5.41, 5.74) is 0. The molecule has 0 aromatic rings. The van der Waals surface area contributed by atoms with Gasteiger partial charge >= 0.3 is 0 Å². The lowest BCUT2D eigenvalue weighted by Gasteiger charge is -2.14. The minimum atomic E-state index is 0.123. The molecule has 2 unspecified atom stereocenters. The first-order valence-corrected chi connectivity index (χ1v) is 6.21. The lowest BCUT2D eigenvalue weighted by molar-refractivity contribution is -0.121.